The molecule has 0 saturated heterocycles. The quantitative estimate of drug-likeness (QED) is 0.364. The summed E-state index contributed by atoms with van der Waals surface area (Å²) in [6, 6.07) is 13.0. The molecule has 2 aromatic carbocycles. The van der Waals surface area contributed by atoms with E-state index in [1.807, 2.05) is 11.8 Å². The molecule has 2 aromatic rings. The Morgan fingerprint density at radius 3 is 1.83 bits per heavy atom. The molecule has 2 rings (SSSR count). The monoisotopic (exact) mass is 444 g/mol. The molecule has 0 heterocycles. The maximum atomic E-state index is 10.5. The second-order valence-electron chi connectivity index (χ2n) is 10.2. The lowest BCUT2D eigenvalue weighted by molar-refractivity contribution is 0.417. The summed E-state index contributed by atoms with van der Waals surface area (Å²) in [5.74, 6) is 1.49. The first-order valence-corrected chi connectivity index (χ1v) is 14.2. The number of ether oxygens (including phenoxy) is 1. The van der Waals surface area contributed by atoms with Gasteiger partial charge in [-0.15, -0.1) is 11.8 Å². The first-order chi connectivity index (χ1) is 13.9. The molecule has 0 bridgehead atoms. The van der Waals surface area contributed by atoms with Gasteiger partial charge in [-0.3, -0.25) is 0 Å². The Morgan fingerprint density at radius 2 is 1.40 bits per heavy atom. The second-order valence-corrected chi connectivity index (χ2v) is 17.5. The molecule has 0 spiro atoms. The van der Waals surface area contributed by atoms with Crippen LogP contribution in [-0.4, -0.2) is 25.7 Å². The number of aromatic hydroxyl groups is 1. The fourth-order valence-corrected chi connectivity index (χ4v) is 15.9. The van der Waals surface area contributed by atoms with E-state index in [2.05, 4.69) is 91.8 Å². The molecule has 2 nitrogen and oxygen atoms in total. The zero-order valence-electron chi connectivity index (χ0n) is 20.3. The fraction of sp³-hybridized carbons (Fsp3) is 0.538. The zero-order valence-corrected chi connectivity index (χ0v) is 22.2. The van der Waals surface area contributed by atoms with Crippen molar-refractivity contribution < 1.29 is 9.84 Å². The van der Waals surface area contributed by atoms with Gasteiger partial charge in [0.05, 0.1) is 7.11 Å². The van der Waals surface area contributed by atoms with Crippen molar-refractivity contribution in [2.24, 2.45) is 0 Å². The number of aryl methyl sites for hydroxylation is 2. The number of para-hydroxylation sites is 1. The number of hydrogen-bond donors (Lipinski definition) is 1. The summed E-state index contributed by atoms with van der Waals surface area (Å²) in [7, 11) is -0.327. The minimum absolute atomic E-state index is 0.144. The lowest BCUT2D eigenvalue weighted by Gasteiger charge is -2.52. The SMILES string of the molecule is CCc1cc(SC[Si](c2ccccc2OC)(C(C)(C)C)C(C)(C)C)cc(CC)c1O. The van der Waals surface area contributed by atoms with E-state index in [0.29, 0.717) is 5.75 Å². The largest absolute Gasteiger partial charge is 0.507 e. The highest BCUT2D eigenvalue weighted by atomic mass is 32.2. The molecule has 1 N–H and O–H groups in total. The van der Waals surface area contributed by atoms with E-state index < -0.39 is 8.07 Å². The van der Waals surface area contributed by atoms with Crippen molar-refractivity contribution in [1.82, 2.24) is 0 Å². The number of methoxy groups -OCH3 is 1. The summed E-state index contributed by atoms with van der Waals surface area (Å²) in [6.45, 7) is 18.7. The Balaban J connectivity index is 2.63. The van der Waals surface area contributed by atoms with Gasteiger partial charge in [0.15, 0.2) is 0 Å². The number of phenolic OH excluding ortho intramolecular Hbond substituents is 1. The van der Waals surface area contributed by atoms with E-state index in [0.717, 1.165) is 35.1 Å². The topological polar surface area (TPSA) is 29.5 Å². The molecule has 0 aliphatic carbocycles. The van der Waals surface area contributed by atoms with Crippen molar-refractivity contribution in [3.05, 3.63) is 47.5 Å². The van der Waals surface area contributed by atoms with Crippen LogP contribution in [-0.2, 0) is 12.8 Å². The van der Waals surface area contributed by atoms with Crippen LogP contribution in [0, 0.1) is 0 Å². The van der Waals surface area contributed by atoms with Gasteiger partial charge in [-0.1, -0.05) is 73.6 Å². The van der Waals surface area contributed by atoms with Gasteiger partial charge in [-0.25, -0.2) is 0 Å². The van der Waals surface area contributed by atoms with Crippen LogP contribution in [0.1, 0.15) is 66.5 Å². The molecule has 0 aliphatic heterocycles. The maximum absolute atomic E-state index is 10.5. The summed E-state index contributed by atoms with van der Waals surface area (Å²) >= 11 is 1.96. The highest BCUT2D eigenvalue weighted by Gasteiger charge is 2.55. The van der Waals surface area contributed by atoms with Crippen molar-refractivity contribution in [1.29, 1.82) is 0 Å². The van der Waals surface area contributed by atoms with E-state index in [4.69, 9.17) is 4.74 Å². The molecule has 0 amide bonds. The molecule has 0 radical (unpaired) electrons. The van der Waals surface area contributed by atoms with Gasteiger partial charge in [0.25, 0.3) is 0 Å². The highest BCUT2D eigenvalue weighted by Crippen LogP contribution is 2.53. The Labute approximate surface area is 189 Å². The summed E-state index contributed by atoms with van der Waals surface area (Å²) in [5, 5.41) is 13.3. The number of hydrogen-bond acceptors (Lipinski definition) is 3. The highest BCUT2D eigenvalue weighted by molar-refractivity contribution is 8.01. The van der Waals surface area contributed by atoms with Crippen molar-refractivity contribution in [2.75, 3.05) is 12.5 Å². The second kappa shape index (κ2) is 9.40. The van der Waals surface area contributed by atoms with Gasteiger partial charge in [-0.2, -0.15) is 0 Å². The Kier molecular flexibility index (Phi) is 7.79. The molecule has 0 unspecified atom stereocenters. The smallest absolute Gasteiger partial charge is 0.122 e. The van der Waals surface area contributed by atoms with Crippen LogP contribution in [0.3, 0.4) is 0 Å². The van der Waals surface area contributed by atoms with Gasteiger partial charge in [0, 0.05) is 4.90 Å². The molecule has 4 heteroatoms. The lowest BCUT2D eigenvalue weighted by atomic mass is 10.1. The van der Waals surface area contributed by atoms with Gasteiger partial charge < -0.3 is 9.84 Å². The molecule has 0 aromatic heterocycles. The summed E-state index contributed by atoms with van der Waals surface area (Å²) in [6.07, 6.45) is 1.70. The Morgan fingerprint density at radius 1 is 0.900 bits per heavy atom. The predicted octanol–water partition coefficient (Wildman–Crippen LogP) is 7.11. The van der Waals surface area contributed by atoms with E-state index in [9.17, 15) is 5.11 Å². The van der Waals surface area contributed by atoms with Crippen LogP contribution in [0.2, 0.25) is 10.1 Å². The number of benzene rings is 2. The maximum Gasteiger partial charge on any atom is 0.122 e. The molecule has 0 saturated carbocycles. The van der Waals surface area contributed by atoms with Gasteiger partial charge in [-0.05, 0) is 62.8 Å². The van der Waals surface area contributed by atoms with Crippen LogP contribution >= 0.6 is 11.8 Å². The number of rotatable bonds is 7. The molecular formula is C26H40O2SSi. The summed E-state index contributed by atoms with van der Waals surface area (Å²) < 4.78 is 5.87. The average Bonchev–Trinajstić information content (AvgIpc) is 2.67. The van der Waals surface area contributed by atoms with Crippen molar-refractivity contribution in [3.63, 3.8) is 0 Å². The summed E-state index contributed by atoms with van der Waals surface area (Å²) in [5.41, 5.74) is 2.10. The third-order valence-electron chi connectivity index (χ3n) is 6.59. The summed E-state index contributed by atoms with van der Waals surface area (Å²) in [4.78, 5) is 1.27. The molecule has 0 fully saturated rings. The van der Waals surface area contributed by atoms with Gasteiger partial charge in [0.2, 0.25) is 0 Å². The lowest BCUT2D eigenvalue weighted by Crippen LogP contribution is -2.64. The van der Waals surface area contributed by atoms with Crippen molar-refractivity contribution >= 4 is 25.0 Å². The Hall–Kier alpha value is -1.39. The minimum Gasteiger partial charge on any atom is -0.507 e. The number of phenols is 1. The average molecular weight is 445 g/mol. The molecular weight excluding hydrogens is 404 g/mol. The van der Waals surface area contributed by atoms with Crippen LogP contribution in [0.5, 0.6) is 11.5 Å². The predicted molar refractivity (Wildman–Crippen MR) is 135 cm³/mol. The standard InChI is InChI=1S/C26H40O2SSi/c1-10-19-16-21(17-20(11-2)24(19)27)29-18-30(25(3,4)5,26(6,7)8)23-15-13-12-14-22(23)28-9/h12-17,27H,10-11,18H2,1-9H3. The third-order valence-corrected chi connectivity index (χ3v) is 15.9. The van der Waals surface area contributed by atoms with Crippen molar-refractivity contribution in [2.45, 2.75) is 83.2 Å². The molecule has 166 valence electrons. The van der Waals surface area contributed by atoms with Gasteiger partial charge >= 0.3 is 0 Å². The van der Waals surface area contributed by atoms with Crippen molar-refractivity contribution in [3.8, 4) is 11.5 Å². The molecule has 0 aliphatic rings. The zero-order chi connectivity index (χ0) is 22.7. The van der Waals surface area contributed by atoms with E-state index >= 15 is 0 Å². The minimum atomic E-state index is -2.12. The normalized spacial score (nSPS) is 12.8. The fourth-order valence-electron chi connectivity index (χ4n) is 4.98. The third kappa shape index (κ3) is 4.60. The molecule has 30 heavy (non-hydrogen) atoms. The molecule has 0 atom stereocenters. The first-order valence-electron chi connectivity index (χ1n) is 11.0. The van der Waals surface area contributed by atoms with Crippen LogP contribution in [0.4, 0.5) is 0 Å². The van der Waals surface area contributed by atoms with E-state index in [-0.39, 0.29) is 10.1 Å². The van der Waals surface area contributed by atoms with E-state index in [1.165, 1.54) is 10.1 Å². The number of thioether (sulfide) groups is 1. The van der Waals surface area contributed by atoms with E-state index in [1.54, 1.807) is 7.11 Å². The van der Waals surface area contributed by atoms with Crippen LogP contribution in [0.15, 0.2) is 41.3 Å². The Bertz CT molecular complexity index is 823. The van der Waals surface area contributed by atoms with Crippen LogP contribution < -0.4 is 9.92 Å². The first kappa shape index (κ1) is 24.9. The van der Waals surface area contributed by atoms with Gasteiger partial charge in [0.1, 0.15) is 19.6 Å². The van der Waals surface area contributed by atoms with Crippen LogP contribution in [0.25, 0.3) is 0 Å².